The molecule has 4 aromatic rings. The third kappa shape index (κ3) is 4.56. The van der Waals surface area contributed by atoms with Crippen molar-refractivity contribution in [3.8, 4) is 22.8 Å². The van der Waals surface area contributed by atoms with Gasteiger partial charge in [0, 0.05) is 34.6 Å². The minimum absolute atomic E-state index is 0.0252. The van der Waals surface area contributed by atoms with E-state index in [2.05, 4.69) is 10.3 Å². The van der Waals surface area contributed by atoms with Crippen LogP contribution in [0, 0.1) is 0 Å². The van der Waals surface area contributed by atoms with Crippen molar-refractivity contribution in [1.82, 2.24) is 14.4 Å². The number of fused-ring (bicyclic) bond motifs is 1. The van der Waals surface area contributed by atoms with E-state index in [-0.39, 0.29) is 5.75 Å². The van der Waals surface area contributed by atoms with Crippen molar-refractivity contribution < 1.29 is 19.4 Å². The number of nitrogens with one attached hydrogen (secondary N) is 1. The number of benzene rings is 2. The van der Waals surface area contributed by atoms with E-state index < -0.39 is 5.97 Å². The van der Waals surface area contributed by atoms with Crippen LogP contribution in [0.15, 0.2) is 65.8 Å². The van der Waals surface area contributed by atoms with Gasteiger partial charge >= 0.3 is 5.97 Å². The number of methoxy groups -OCH3 is 2. The van der Waals surface area contributed by atoms with Crippen LogP contribution in [0.4, 0.5) is 11.6 Å². The van der Waals surface area contributed by atoms with E-state index in [1.54, 1.807) is 20.4 Å². The number of hydrogen-bond acceptors (Lipinski definition) is 7. The Hall–Kier alpha value is -3.72. The van der Waals surface area contributed by atoms with Gasteiger partial charge in [0.05, 0.1) is 25.7 Å². The molecule has 0 fully saturated rings. The highest BCUT2D eigenvalue weighted by molar-refractivity contribution is 8.00. The first-order chi connectivity index (χ1) is 15.1. The fourth-order valence-corrected chi connectivity index (χ4v) is 3.68. The Morgan fingerprint density at radius 3 is 2.58 bits per heavy atom. The van der Waals surface area contributed by atoms with Crippen LogP contribution in [-0.4, -0.2) is 45.4 Å². The van der Waals surface area contributed by atoms with Gasteiger partial charge in [-0.1, -0.05) is 0 Å². The SMILES string of the molecule is COc1ccc(-c2cc3nccn3c(Nc3ccc(SCC(=O)O)cc3)n2)cc1OC. The second-order valence-electron chi connectivity index (χ2n) is 6.52. The topological polar surface area (TPSA) is 98.0 Å². The molecule has 0 unspecified atom stereocenters. The highest BCUT2D eigenvalue weighted by Crippen LogP contribution is 2.33. The van der Waals surface area contributed by atoms with Gasteiger partial charge in [0.2, 0.25) is 5.95 Å². The monoisotopic (exact) mass is 436 g/mol. The number of aliphatic carboxylic acids is 1. The van der Waals surface area contributed by atoms with Crippen LogP contribution < -0.4 is 14.8 Å². The lowest BCUT2D eigenvalue weighted by atomic mass is 10.1. The maximum atomic E-state index is 10.7. The number of ether oxygens (including phenoxy) is 2. The minimum Gasteiger partial charge on any atom is -0.493 e. The number of imidazole rings is 1. The normalized spacial score (nSPS) is 10.8. The third-order valence-corrected chi connectivity index (χ3v) is 5.54. The zero-order chi connectivity index (χ0) is 21.8. The molecule has 0 amide bonds. The van der Waals surface area contributed by atoms with Gasteiger partial charge in [0.25, 0.3) is 0 Å². The van der Waals surface area contributed by atoms with Crippen molar-refractivity contribution in [2.75, 3.05) is 25.3 Å². The van der Waals surface area contributed by atoms with Gasteiger partial charge in [0.15, 0.2) is 11.5 Å². The summed E-state index contributed by atoms with van der Waals surface area (Å²) in [6, 6.07) is 15.1. The summed E-state index contributed by atoms with van der Waals surface area (Å²) in [5, 5.41) is 12.1. The van der Waals surface area contributed by atoms with E-state index in [0.717, 1.165) is 27.5 Å². The summed E-state index contributed by atoms with van der Waals surface area (Å²) in [5.41, 5.74) is 3.17. The van der Waals surface area contributed by atoms with E-state index in [1.165, 1.54) is 11.8 Å². The average Bonchev–Trinajstić information content (AvgIpc) is 3.27. The van der Waals surface area contributed by atoms with E-state index in [4.69, 9.17) is 19.6 Å². The van der Waals surface area contributed by atoms with Crippen LogP contribution in [0.5, 0.6) is 11.5 Å². The summed E-state index contributed by atoms with van der Waals surface area (Å²) in [5.74, 6) is 1.05. The molecule has 8 nitrogen and oxygen atoms in total. The van der Waals surface area contributed by atoms with Gasteiger partial charge in [-0.3, -0.25) is 9.20 Å². The molecular weight excluding hydrogens is 416 g/mol. The van der Waals surface area contributed by atoms with Crippen LogP contribution in [0.2, 0.25) is 0 Å². The molecule has 0 spiro atoms. The number of rotatable bonds is 8. The summed E-state index contributed by atoms with van der Waals surface area (Å²) in [6.07, 6.45) is 3.55. The maximum absolute atomic E-state index is 10.7. The van der Waals surface area contributed by atoms with Crippen molar-refractivity contribution in [3.63, 3.8) is 0 Å². The number of carbonyl (C=O) groups is 1. The molecule has 0 atom stereocenters. The third-order valence-electron chi connectivity index (χ3n) is 4.54. The van der Waals surface area contributed by atoms with Gasteiger partial charge in [-0.25, -0.2) is 9.97 Å². The number of thioether (sulfide) groups is 1. The number of nitrogens with zero attached hydrogens (tertiary/aromatic N) is 3. The second kappa shape index (κ2) is 8.97. The molecule has 2 N–H and O–H groups in total. The second-order valence-corrected chi connectivity index (χ2v) is 7.57. The zero-order valence-electron chi connectivity index (χ0n) is 16.9. The Bertz CT molecular complexity index is 1220. The molecule has 0 bridgehead atoms. The van der Waals surface area contributed by atoms with E-state index >= 15 is 0 Å². The maximum Gasteiger partial charge on any atom is 0.313 e. The van der Waals surface area contributed by atoms with E-state index in [9.17, 15) is 4.79 Å². The van der Waals surface area contributed by atoms with Gasteiger partial charge in [-0.2, -0.15) is 0 Å². The van der Waals surface area contributed by atoms with Crippen molar-refractivity contribution in [2.45, 2.75) is 4.90 Å². The van der Waals surface area contributed by atoms with Crippen LogP contribution in [0.3, 0.4) is 0 Å². The van der Waals surface area contributed by atoms with Crippen LogP contribution in [0.1, 0.15) is 0 Å². The van der Waals surface area contributed by atoms with Crippen molar-refractivity contribution in [3.05, 3.63) is 60.9 Å². The fourth-order valence-electron chi connectivity index (χ4n) is 3.06. The molecule has 0 radical (unpaired) electrons. The number of hydrogen-bond donors (Lipinski definition) is 2. The van der Waals surface area contributed by atoms with E-state index in [1.807, 2.05) is 59.1 Å². The van der Waals surface area contributed by atoms with Gasteiger partial charge in [-0.05, 0) is 42.5 Å². The molecule has 0 aliphatic heterocycles. The predicted molar refractivity (Wildman–Crippen MR) is 120 cm³/mol. The summed E-state index contributed by atoms with van der Waals surface area (Å²) >= 11 is 1.27. The number of carboxylic acids is 1. The lowest BCUT2D eigenvalue weighted by Gasteiger charge is -2.13. The lowest BCUT2D eigenvalue weighted by molar-refractivity contribution is -0.133. The Balaban J connectivity index is 1.66. The summed E-state index contributed by atoms with van der Waals surface area (Å²) in [4.78, 5) is 20.8. The van der Waals surface area contributed by atoms with Crippen molar-refractivity contribution in [1.29, 1.82) is 0 Å². The molecule has 0 saturated carbocycles. The minimum atomic E-state index is -0.842. The lowest BCUT2D eigenvalue weighted by Crippen LogP contribution is -2.03. The first-order valence-corrected chi connectivity index (χ1v) is 10.3. The highest BCUT2D eigenvalue weighted by atomic mass is 32.2. The number of carboxylic acid groups (broad SMARTS) is 1. The molecule has 0 aliphatic rings. The molecule has 2 aromatic heterocycles. The molecule has 4 rings (SSSR count). The van der Waals surface area contributed by atoms with Crippen LogP contribution >= 0.6 is 11.8 Å². The Kier molecular flexibility index (Phi) is 5.94. The highest BCUT2D eigenvalue weighted by Gasteiger charge is 2.12. The largest absolute Gasteiger partial charge is 0.493 e. The molecular formula is C22H20N4O4S. The Morgan fingerprint density at radius 1 is 1.10 bits per heavy atom. The number of aromatic nitrogens is 3. The average molecular weight is 436 g/mol. The van der Waals surface area contributed by atoms with Gasteiger partial charge in [-0.15, -0.1) is 11.8 Å². The Morgan fingerprint density at radius 2 is 1.87 bits per heavy atom. The van der Waals surface area contributed by atoms with Crippen molar-refractivity contribution >= 4 is 35.0 Å². The Labute approximate surface area is 182 Å². The summed E-state index contributed by atoms with van der Waals surface area (Å²) < 4.78 is 12.6. The molecule has 31 heavy (non-hydrogen) atoms. The predicted octanol–water partition coefficient (Wildman–Crippen LogP) is 4.33. The standard InChI is InChI=1S/C22H20N4O4S/c1-29-18-8-3-14(11-19(18)30-2)17-12-20-23-9-10-26(20)22(25-17)24-15-4-6-16(7-5-15)31-13-21(27)28/h3-12H,13H2,1-2H3,(H,24,25)(H,27,28). The smallest absolute Gasteiger partial charge is 0.313 e. The van der Waals surface area contributed by atoms with Gasteiger partial charge < -0.3 is 19.9 Å². The summed E-state index contributed by atoms with van der Waals surface area (Å²) in [7, 11) is 3.19. The van der Waals surface area contributed by atoms with E-state index in [0.29, 0.717) is 17.4 Å². The molecule has 158 valence electrons. The quantitative estimate of drug-likeness (QED) is 0.394. The molecule has 9 heteroatoms. The van der Waals surface area contributed by atoms with Crippen LogP contribution in [-0.2, 0) is 4.79 Å². The van der Waals surface area contributed by atoms with Crippen molar-refractivity contribution in [2.24, 2.45) is 0 Å². The van der Waals surface area contributed by atoms with Crippen LogP contribution in [0.25, 0.3) is 16.9 Å². The zero-order valence-corrected chi connectivity index (χ0v) is 17.7. The first-order valence-electron chi connectivity index (χ1n) is 9.35. The molecule has 2 heterocycles. The molecule has 0 saturated heterocycles. The molecule has 0 aliphatic carbocycles. The molecule has 2 aromatic carbocycles. The summed E-state index contributed by atoms with van der Waals surface area (Å²) in [6.45, 7) is 0. The fraction of sp³-hybridized carbons (Fsp3) is 0.136. The number of anilines is 2. The van der Waals surface area contributed by atoms with Gasteiger partial charge in [0.1, 0.15) is 5.65 Å². The first kappa shape index (κ1) is 20.5.